The number of hydrogen-bond acceptors (Lipinski definition) is 3. The number of nitrogens with zero attached hydrogens (tertiary/aromatic N) is 1. The largest absolute Gasteiger partial charge is 0.444 e. The number of ether oxygens (including phenoxy) is 1. The van der Waals surface area contributed by atoms with E-state index in [0.717, 1.165) is 38.8 Å². The molecule has 0 radical (unpaired) electrons. The summed E-state index contributed by atoms with van der Waals surface area (Å²) >= 11 is 0. The lowest BCUT2D eigenvalue weighted by Crippen LogP contribution is -2.44. The lowest BCUT2D eigenvalue weighted by Gasteiger charge is -2.40. The molecule has 1 aliphatic carbocycles. The minimum absolute atomic E-state index is 0.204. The summed E-state index contributed by atoms with van der Waals surface area (Å²) in [6.07, 6.45) is 12.4. The molecule has 0 aromatic heterocycles. The maximum atomic E-state index is 12.0. The van der Waals surface area contributed by atoms with Gasteiger partial charge in [0.2, 0.25) is 0 Å². The number of likely N-dealkylation sites (tertiary alicyclic amines) is 1. The minimum Gasteiger partial charge on any atom is -0.444 e. The maximum absolute atomic E-state index is 12.0. The fraction of sp³-hybridized carbons (Fsp3) is 0.957. The van der Waals surface area contributed by atoms with Gasteiger partial charge in [-0.1, -0.05) is 59.3 Å². The molecule has 162 valence electrons. The van der Waals surface area contributed by atoms with Crippen molar-refractivity contribution in [3.63, 3.8) is 0 Å². The highest BCUT2D eigenvalue weighted by Gasteiger charge is 2.33. The molecule has 1 amide bonds. The summed E-state index contributed by atoms with van der Waals surface area (Å²) in [6.45, 7) is 15.3. The Balaban J connectivity index is 0.000000702. The third-order valence-electron chi connectivity index (χ3n) is 5.29. The monoisotopic (exact) mass is 385 g/mol. The van der Waals surface area contributed by atoms with Crippen LogP contribution in [0.2, 0.25) is 0 Å². The van der Waals surface area contributed by atoms with Crippen LogP contribution in [0.1, 0.15) is 113 Å². The van der Waals surface area contributed by atoms with Crippen molar-refractivity contribution in [2.45, 2.75) is 124 Å². The Bertz CT molecular complexity index is 364. The number of rotatable bonds is 3. The third-order valence-corrected chi connectivity index (χ3v) is 5.29. The van der Waals surface area contributed by atoms with E-state index in [-0.39, 0.29) is 17.6 Å². The first-order valence-corrected chi connectivity index (χ1v) is 11.3. The molecule has 1 N–H and O–H groups in total. The first kappa shape index (κ1) is 26.2. The van der Waals surface area contributed by atoms with Gasteiger partial charge in [-0.05, 0) is 58.8 Å². The van der Waals surface area contributed by atoms with Gasteiger partial charge in [0.05, 0.1) is 6.10 Å². The molecule has 0 aromatic rings. The standard InChI is InChI=1S/C15H29NO3.C6H12.C2H6/c1-12(17)6-7-15(5)8-10-16(11-9-15)13(18)19-14(2,3)4;1-2-4-6-5-3-1;1-2/h12,17H,6-11H2,1-5H3;1-6H2;1-2H3. The third kappa shape index (κ3) is 13.1. The smallest absolute Gasteiger partial charge is 0.410 e. The van der Waals surface area contributed by atoms with E-state index in [1.807, 2.05) is 41.5 Å². The van der Waals surface area contributed by atoms with E-state index in [4.69, 9.17) is 4.74 Å². The molecule has 1 unspecified atom stereocenters. The van der Waals surface area contributed by atoms with Crippen molar-refractivity contribution in [1.82, 2.24) is 4.90 Å². The molecular weight excluding hydrogens is 338 g/mol. The lowest BCUT2D eigenvalue weighted by molar-refractivity contribution is 0.00948. The van der Waals surface area contributed by atoms with Gasteiger partial charge in [0.15, 0.2) is 0 Å². The summed E-state index contributed by atoms with van der Waals surface area (Å²) in [6, 6.07) is 0. The molecule has 2 aliphatic rings. The molecule has 1 saturated carbocycles. The SMILES string of the molecule is C1CCCCC1.CC.CC(O)CCC1(C)CCN(C(=O)OC(C)(C)C)CC1. The summed E-state index contributed by atoms with van der Waals surface area (Å²) in [7, 11) is 0. The Labute approximate surface area is 169 Å². The van der Waals surface area contributed by atoms with Gasteiger partial charge < -0.3 is 14.7 Å². The van der Waals surface area contributed by atoms with Crippen LogP contribution >= 0.6 is 0 Å². The van der Waals surface area contributed by atoms with Crippen molar-refractivity contribution in [2.75, 3.05) is 13.1 Å². The van der Waals surface area contributed by atoms with E-state index in [2.05, 4.69) is 6.92 Å². The second-order valence-electron chi connectivity index (χ2n) is 9.29. The number of aliphatic hydroxyl groups is 1. The zero-order valence-electron chi connectivity index (χ0n) is 19.3. The number of carbonyl (C=O) groups excluding carboxylic acids is 1. The zero-order chi connectivity index (χ0) is 20.9. The van der Waals surface area contributed by atoms with Gasteiger partial charge in [0.1, 0.15) is 5.60 Å². The Kier molecular flexibility index (Phi) is 13.0. The molecule has 0 aromatic carbocycles. The zero-order valence-corrected chi connectivity index (χ0v) is 19.3. The summed E-state index contributed by atoms with van der Waals surface area (Å²) in [5.74, 6) is 0. The van der Waals surface area contributed by atoms with Gasteiger partial charge in [-0.15, -0.1) is 0 Å². The van der Waals surface area contributed by atoms with Crippen molar-refractivity contribution < 1.29 is 14.6 Å². The molecule has 1 aliphatic heterocycles. The molecule has 2 fully saturated rings. The second kappa shape index (κ2) is 13.4. The normalized spacial score (nSPS) is 20.4. The van der Waals surface area contributed by atoms with Gasteiger partial charge in [-0.3, -0.25) is 0 Å². The Morgan fingerprint density at radius 2 is 1.44 bits per heavy atom. The van der Waals surface area contributed by atoms with Gasteiger partial charge in [-0.25, -0.2) is 4.79 Å². The van der Waals surface area contributed by atoms with Gasteiger partial charge in [0.25, 0.3) is 0 Å². The van der Waals surface area contributed by atoms with Gasteiger partial charge >= 0.3 is 6.09 Å². The highest BCUT2D eigenvalue weighted by Crippen LogP contribution is 2.36. The van der Waals surface area contributed by atoms with Crippen LogP contribution in [0.5, 0.6) is 0 Å². The van der Waals surface area contributed by atoms with E-state index < -0.39 is 5.60 Å². The van der Waals surface area contributed by atoms with E-state index in [1.54, 1.807) is 4.90 Å². The van der Waals surface area contributed by atoms with Crippen LogP contribution in [0, 0.1) is 5.41 Å². The summed E-state index contributed by atoms with van der Waals surface area (Å²) in [5.41, 5.74) is -0.181. The van der Waals surface area contributed by atoms with Crippen LogP contribution < -0.4 is 0 Å². The van der Waals surface area contributed by atoms with Gasteiger partial charge in [-0.2, -0.15) is 0 Å². The van der Waals surface area contributed by atoms with Crippen LogP contribution in [0.25, 0.3) is 0 Å². The number of carbonyl (C=O) groups is 1. The highest BCUT2D eigenvalue weighted by atomic mass is 16.6. The van der Waals surface area contributed by atoms with Crippen LogP contribution in [0.3, 0.4) is 0 Å². The Morgan fingerprint density at radius 3 is 1.78 bits per heavy atom. The molecule has 1 saturated heterocycles. The fourth-order valence-electron chi connectivity index (χ4n) is 3.42. The predicted octanol–water partition coefficient (Wildman–Crippen LogP) is 6.55. The topological polar surface area (TPSA) is 49.8 Å². The Hall–Kier alpha value is -0.770. The Morgan fingerprint density at radius 1 is 1.04 bits per heavy atom. The van der Waals surface area contributed by atoms with E-state index in [0.29, 0.717) is 0 Å². The number of piperidine rings is 1. The first-order valence-electron chi connectivity index (χ1n) is 11.3. The van der Waals surface area contributed by atoms with Gasteiger partial charge in [0, 0.05) is 13.1 Å². The van der Waals surface area contributed by atoms with Crippen molar-refractivity contribution in [1.29, 1.82) is 0 Å². The van der Waals surface area contributed by atoms with E-state index in [9.17, 15) is 9.90 Å². The van der Waals surface area contributed by atoms with Crippen LogP contribution in [-0.4, -0.2) is 40.9 Å². The molecule has 4 heteroatoms. The number of hydrogen-bond donors (Lipinski definition) is 1. The summed E-state index contributed by atoms with van der Waals surface area (Å²) < 4.78 is 5.39. The van der Waals surface area contributed by atoms with E-state index in [1.165, 1.54) is 38.5 Å². The summed E-state index contributed by atoms with van der Waals surface area (Å²) in [4.78, 5) is 13.8. The maximum Gasteiger partial charge on any atom is 0.410 e. The highest BCUT2D eigenvalue weighted by molar-refractivity contribution is 5.68. The lowest BCUT2D eigenvalue weighted by atomic mass is 9.76. The predicted molar refractivity (Wildman–Crippen MR) is 115 cm³/mol. The fourth-order valence-corrected chi connectivity index (χ4v) is 3.42. The van der Waals surface area contributed by atoms with Crippen molar-refractivity contribution in [2.24, 2.45) is 5.41 Å². The van der Waals surface area contributed by atoms with Crippen LogP contribution in [0.15, 0.2) is 0 Å². The molecule has 1 heterocycles. The van der Waals surface area contributed by atoms with Crippen LogP contribution in [-0.2, 0) is 4.74 Å². The molecule has 1 atom stereocenters. The number of aliphatic hydroxyl groups excluding tert-OH is 1. The molecule has 2 rings (SSSR count). The molecule has 0 bridgehead atoms. The second-order valence-corrected chi connectivity index (χ2v) is 9.29. The van der Waals surface area contributed by atoms with E-state index >= 15 is 0 Å². The quantitative estimate of drug-likeness (QED) is 0.599. The van der Waals surface area contributed by atoms with Crippen molar-refractivity contribution in [3.8, 4) is 0 Å². The number of amides is 1. The molecule has 4 nitrogen and oxygen atoms in total. The summed E-state index contributed by atoms with van der Waals surface area (Å²) in [5, 5.41) is 9.38. The average molecular weight is 386 g/mol. The molecule has 0 spiro atoms. The van der Waals surface area contributed by atoms with Crippen molar-refractivity contribution >= 4 is 6.09 Å². The molecular formula is C23H47NO3. The molecule has 27 heavy (non-hydrogen) atoms. The minimum atomic E-state index is -0.426. The first-order chi connectivity index (χ1) is 12.6. The average Bonchev–Trinajstić information content (AvgIpc) is 2.63. The van der Waals surface area contributed by atoms with Crippen LogP contribution in [0.4, 0.5) is 4.79 Å². The van der Waals surface area contributed by atoms with Crippen molar-refractivity contribution in [3.05, 3.63) is 0 Å².